The van der Waals surface area contributed by atoms with Crippen LogP contribution in [0.25, 0.3) is 5.69 Å². The second-order valence-corrected chi connectivity index (χ2v) is 9.28. The number of benzene rings is 1. The van der Waals surface area contributed by atoms with E-state index >= 15 is 0 Å². The van der Waals surface area contributed by atoms with Crippen LogP contribution in [-0.2, 0) is 9.59 Å². The summed E-state index contributed by atoms with van der Waals surface area (Å²) in [5.74, 6) is 0.967. The fourth-order valence-corrected chi connectivity index (χ4v) is 4.36. The van der Waals surface area contributed by atoms with E-state index in [4.69, 9.17) is 0 Å². The first-order valence-corrected chi connectivity index (χ1v) is 11.5. The van der Waals surface area contributed by atoms with E-state index in [0.717, 1.165) is 5.69 Å². The highest BCUT2D eigenvalue weighted by atomic mass is 32.2. The first kappa shape index (κ1) is 22.3. The van der Waals surface area contributed by atoms with E-state index in [1.165, 1.54) is 17.3 Å². The van der Waals surface area contributed by atoms with Gasteiger partial charge in [0.1, 0.15) is 6.33 Å². The predicted octanol–water partition coefficient (Wildman–Crippen LogP) is 3.25. The largest absolute Gasteiger partial charge is 0.354 e. The number of aromatic nitrogens is 3. The van der Waals surface area contributed by atoms with Gasteiger partial charge in [0.2, 0.25) is 11.8 Å². The Morgan fingerprint density at radius 2 is 1.80 bits per heavy atom. The maximum Gasteiger partial charge on any atom is 0.233 e. The average molecular weight is 430 g/mol. The summed E-state index contributed by atoms with van der Waals surface area (Å²) in [7, 11) is 0. The number of hydrogen-bond acceptors (Lipinski definition) is 5. The highest BCUT2D eigenvalue weighted by molar-refractivity contribution is 7.99. The lowest BCUT2D eigenvalue weighted by molar-refractivity contribution is -0.133. The lowest BCUT2D eigenvalue weighted by Gasteiger charge is -2.31. The Bertz CT molecular complexity index is 855. The molecule has 0 bridgehead atoms. The lowest BCUT2D eigenvalue weighted by atomic mass is 9.95. The monoisotopic (exact) mass is 429 g/mol. The molecule has 3 rings (SSSR count). The Balaban J connectivity index is 1.53. The quantitative estimate of drug-likeness (QED) is 0.684. The average Bonchev–Trinajstić information content (AvgIpc) is 3.20. The van der Waals surface area contributed by atoms with Crippen LogP contribution in [0, 0.1) is 5.92 Å². The molecule has 2 amide bonds. The summed E-state index contributed by atoms with van der Waals surface area (Å²) in [6, 6.07) is 8.47. The Hall–Kier alpha value is -2.35. The molecule has 1 aromatic heterocycles. The highest BCUT2D eigenvalue weighted by Gasteiger charge is 2.27. The van der Waals surface area contributed by atoms with Crippen LogP contribution in [0.15, 0.2) is 35.7 Å². The van der Waals surface area contributed by atoms with Crippen LogP contribution >= 0.6 is 11.8 Å². The fourth-order valence-electron chi connectivity index (χ4n) is 3.53. The molecule has 0 radical (unpaired) electrons. The van der Waals surface area contributed by atoms with Crippen LogP contribution in [0.1, 0.15) is 52.0 Å². The molecule has 0 saturated carbocycles. The van der Waals surface area contributed by atoms with Crippen molar-refractivity contribution in [1.82, 2.24) is 25.0 Å². The second kappa shape index (κ2) is 10.1. The number of piperidine rings is 1. The summed E-state index contributed by atoms with van der Waals surface area (Å²) in [6.07, 6.45) is 3.11. The van der Waals surface area contributed by atoms with Crippen molar-refractivity contribution in [3.8, 4) is 5.69 Å². The molecule has 8 heteroatoms. The Labute approximate surface area is 182 Å². The molecule has 1 saturated heterocycles. The van der Waals surface area contributed by atoms with E-state index in [1.807, 2.05) is 23.3 Å². The number of carbonyl (C=O) groups is 2. The Morgan fingerprint density at radius 1 is 1.13 bits per heavy atom. The van der Waals surface area contributed by atoms with E-state index in [2.05, 4.69) is 53.6 Å². The number of likely N-dealkylation sites (tertiary alicyclic amines) is 1. The number of hydrogen-bond donors (Lipinski definition) is 1. The maximum atomic E-state index is 12.7. The molecule has 0 unspecified atom stereocenters. The van der Waals surface area contributed by atoms with Crippen molar-refractivity contribution in [3.63, 3.8) is 0 Å². The molecule has 2 heterocycles. The van der Waals surface area contributed by atoms with Crippen LogP contribution in [0.3, 0.4) is 0 Å². The number of rotatable bonds is 7. The minimum atomic E-state index is 0.000937. The molecule has 162 valence electrons. The third-order valence-electron chi connectivity index (χ3n) is 5.33. The van der Waals surface area contributed by atoms with Crippen molar-refractivity contribution < 1.29 is 9.59 Å². The van der Waals surface area contributed by atoms with Gasteiger partial charge >= 0.3 is 0 Å². The van der Waals surface area contributed by atoms with Crippen molar-refractivity contribution in [2.24, 2.45) is 5.92 Å². The second-order valence-electron chi connectivity index (χ2n) is 8.34. The van der Waals surface area contributed by atoms with Gasteiger partial charge in [-0.05, 0) is 50.3 Å². The molecule has 1 aliphatic rings. The molecular formula is C22H31N5O2S. The van der Waals surface area contributed by atoms with Gasteiger partial charge in [0.25, 0.3) is 0 Å². The van der Waals surface area contributed by atoms with Crippen molar-refractivity contribution in [1.29, 1.82) is 0 Å². The molecule has 1 fully saturated rings. The van der Waals surface area contributed by atoms with E-state index in [1.54, 1.807) is 6.33 Å². The van der Waals surface area contributed by atoms with Crippen LogP contribution < -0.4 is 5.32 Å². The van der Waals surface area contributed by atoms with Crippen molar-refractivity contribution >= 4 is 23.6 Å². The summed E-state index contributed by atoms with van der Waals surface area (Å²) in [5, 5.41) is 11.9. The zero-order valence-corrected chi connectivity index (χ0v) is 19.0. The molecule has 0 atom stereocenters. The van der Waals surface area contributed by atoms with Gasteiger partial charge < -0.3 is 10.2 Å². The van der Waals surface area contributed by atoms with Gasteiger partial charge in [-0.15, -0.1) is 10.2 Å². The zero-order valence-electron chi connectivity index (χ0n) is 18.2. The lowest BCUT2D eigenvalue weighted by Crippen LogP contribution is -2.44. The zero-order chi connectivity index (χ0) is 21.7. The topological polar surface area (TPSA) is 80.1 Å². The molecular weight excluding hydrogens is 398 g/mol. The number of amides is 2. The molecule has 0 spiro atoms. The molecule has 30 heavy (non-hydrogen) atoms. The standard InChI is InChI=1S/C22H31N5O2S/c1-15(2)17-5-7-19(8-6-17)27-14-23-25-22(27)30-13-20(28)26-11-9-18(10-12-26)21(29)24-16(3)4/h5-8,14-16,18H,9-13H2,1-4H3,(H,24,29). The minimum absolute atomic E-state index is 0.000937. The number of carbonyl (C=O) groups excluding carboxylic acids is 2. The van der Waals surface area contributed by atoms with Gasteiger partial charge in [0, 0.05) is 30.7 Å². The summed E-state index contributed by atoms with van der Waals surface area (Å²) < 4.78 is 1.91. The predicted molar refractivity (Wildman–Crippen MR) is 119 cm³/mol. The molecule has 7 nitrogen and oxygen atoms in total. The smallest absolute Gasteiger partial charge is 0.233 e. The SMILES string of the molecule is CC(C)NC(=O)C1CCN(C(=O)CSc2nncn2-c2ccc(C(C)C)cc2)CC1. The molecule has 1 N–H and O–H groups in total. The highest BCUT2D eigenvalue weighted by Crippen LogP contribution is 2.23. The van der Waals surface area contributed by atoms with Gasteiger partial charge in [-0.2, -0.15) is 0 Å². The minimum Gasteiger partial charge on any atom is -0.354 e. The number of nitrogens with zero attached hydrogens (tertiary/aromatic N) is 4. The van der Waals surface area contributed by atoms with Crippen molar-refractivity contribution in [2.75, 3.05) is 18.8 Å². The van der Waals surface area contributed by atoms with Crippen LogP contribution in [0.2, 0.25) is 0 Å². The van der Waals surface area contributed by atoms with E-state index in [-0.39, 0.29) is 23.8 Å². The van der Waals surface area contributed by atoms with Gasteiger partial charge in [0.15, 0.2) is 5.16 Å². The Morgan fingerprint density at radius 3 is 2.40 bits per heavy atom. The van der Waals surface area contributed by atoms with Crippen molar-refractivity contribution in [3.05, 3.63) is 36.2 Å². The maximum absolute atomic E-state index is 12.7. The third kappa shape index (κ3) is 5.62. The Kier molecular flexibility index (Phi) is 7.53. The fraction of sp³-hybridized carbons (Fsp3) is 0.545. The van der Waals surface area contributed by atoms with Gasteiger partial charge in [-0.1, -0.05) is 37.7 Å². The molecule has 1 aromatic carbocycles. The van der Waals surface area contributed by atoms with Gasteiger partial charge in [-0.25, -0.2) is 0 Å². The number of thioether (sulfide) groups is 1. The molecule has 2 aromatic rings. The first-order valence-electron chi connectivity index (χ1n) is 10.6. The normalized spacial score (nSPS) is 15.1. The summed E-state index contributed by atoms with van der Waals surface area (Å²) in [4.78, 5) is 26.7. The van der Waals surface area contributed by atoms with Gasteiger partial charge in [-0.3, -0.25) is 14.2 Å². The van der Waals surface area contributed by atoms with E-state index in [9.17, 15) is 9.59 Å². The van der Waals surface area contributed by atoms with Crippen LogP contribution in [0.5, 0.6) is 0 Å². The van der Waals surface area contributed by atoms with Crippen molar-refractivity contribution in [2.45, 2.75) is 57.7 Å². The number of nitrogens with one attached hydrogen (secondary N) is 1. The first-order chi connectivity index (χ1) is 14.3. The third-order valence-corrected chi connectivity index (χ3v) is 6.26. The van der Waals surface area contributed by atoms with Crippen LogP contribution in [-0.4, -0.2) is 56.4 Å². The van der Waals surface area contributed by atoms with Crippen LogP contribution in [0.4, 0.5) is 0 Å². The van der Waals surface area contributed by atoms with E-state index in [0.29, 0.717) is 42.8 Å². The summed E-state index contributed by atoms with van der Waals surface area (Å²) in [6.45, 7) is 9.51. The molecule has 1 aliphatic heterocycles. The summed E-state index contributed by atoms with van der Waals surface area (Å²) in [5.41, 5.74) is 2.26. The van der Waals surface area contributed by atoms with Gasteiger partial charge in [0.05, 0.1) is 5.75 Å². The summed E-state index contributed by atoms with van der Waals surface area (Å²) >= 11 is 1.40. The van der Waals surface area contributed by atoms with E-state index < -0.39 is 0 Å². The molecule has 0 aliphatic carbocycles.